The van der Waals surface area contributed by atoms with Crippen LogP contribution in [0.5, 0.6) is 0 Å². The molecule has 4 aliphatic rings. The third-order valence-electron chi connectivity index (χ3n) is 28.0. The quantitative estimate of drug-likeness (QED) is 0.0724. The molecule has 718 valence electrons. The van der Waals surface area contributed by atoms with Crippen molar-refractivity contribution < 1.29 is 80.4 Å². The molecular weight excluding hydrogens is 2500 g/mol. The normalized spacial score (nSPS) is 13.4. The van der Waals surface area contributed by atoms with Gasteiger partial charge >= 0.3 is 40.2 Å². The second kappa shape index (κ2) is 42.8. The van der Waals surface area contributed by atoms with Gasteiger partial charge in [-0.2, -0.15) is 86.1 Å². The number of benzene rings is 17. The second-order valence-electron chi connectivity index (χ2n) is 37.5. The van der Waals surface area contributed by atoms with E-state index >= 15 is 0 Å². The number of pyridine rings is 2. The van der Waals surface area contributed by atoms with Gasteiger partial charge in [-0.1, -0.05) is 268 Å². The van der Waals surface area contributed by atoms with E-state index in [1.807, 2.05) is 61.5 Å². The smallest absolute Gasteiger partial charge is 0.517 e. The van der Waals surface area contributed by atoms with Crippen LogP contribution in [0.25, 0.3) is 134 Å². The molecule has 1 fully saturated rings. The number of nitrogens with zero attached hydrogens (tertiary/aromatic N) is 12. The van der Waals surface area contributed by atoms with Gasteiger partial charge in [0.25, 0.3) is 0 Å². The van der Waals surface area contributed by atoms with Gasteiger partial charge in [0.15, 0.2) is 0 Å². The third kappa shape index (κ3) is 19.3. The van der Waals surface area contributed by atoms with Crippen molar-refractivity contribution in [3.8, 4) is 134 Å². The molecule has 20 aromatic rings. The van der Waals surface area contributed by atoms with Crippen LogP contribution in [0, 0.1) is 83.8 Å². The number of aryl methyl sites for hydroxylation is 3. The summed E-state index contributed by atoms with van der Waals surface area (Å²) in [5.74, 6) is 1.49. The average molecular weight is 2600 g/mol. The number of hydrogen-bond acceptors (Lipinski definition) is 12. The van der Waals surface area contributed by atoms with Gasteiger partial charge in [0, 0.05) is 116 Å². The molecule has 24 rings (SSSR count). The topological polar surface area (TPSA) is 77.5 Å². The first kappa shape index (κ1) is 99.8. The summed E-state index contributed by atoms with van der Waals surface area (Å²) in [4.78, 5) is 36.7. The Morgan fingerprint density at radius 2 is 0.603 bits per heavy atom. The van der Waals surface area contributed by atoms with E-state index in [0.29, 0.717) is 0 Å². The van der Waals surface area contributed by atoms with Crippen molar-refractivity contribution in [3.05, 3.63) is 505 Å². The molecule has 146 heavy (non-hydrogen) atoms. The summed E-state index contributed by atoms with van der Waals surface area (Å²) >= 11 is 0. The van der Waals surface area contributed by atoms with Crippen LogP contribution in [0.3, 0.4) is 0 Å². The summed E-state index contributed by atoms with van der Waals surface area (Å²) in [5.41, 5.74) is 40.5. The minimum absolute atomic E-state index is 0. The molecule has 16 heteroatoms. The zero-order valence-electron chi connectivity index (χ0n) is 81.4. The number of fused-ring (bicyclic) bond motifs is 3. The predicted octanol–water partition coefficient (Wildman–Crippen LogP) is 32.2. The molecule has 3 aromatic heterocycles. The molecule has 2 radical (unpaired) electrons. The van der Waals surface area contributed by atoms with Crippen LogP contribution < -0.4 is 39.2 Å². The van der Waals surface area contributed by atoms with Gasteiger partial charge < -0.3 is 49.2 Å². The summed E-state index contributed by atoms with van der Waals surface area (Å²) in [6, 6.07) is 164. The molecule has 0 aliphatic carbocycles. The second-order valence-corrected chi connectivity index (χ2v) is 37.5. The van der Waals surface area contributed by atoms with Crippen molar-refractivity contribution in [1.82, 2.24) is 19.9 Å². The largest absolute Gasteiger partial charge is 3.00 e. The third-order valence-corrected chi connectivity index (χ3v) is 28.0. The number of rotatable bonds is 19. The number of aromatic nitrogens is 4. The molecule has 0 unspecified atom stereocenters. The molecular formula is C130H98Ir4N12-4. The van der Waals surface area contributed by atoms with Gasteiger partial charge in [-0.15, -0.1) is 142 Å². The molecule has 0 saturated carbocycles. The molecule has 17 aromatic carbocycles. The maximum absolute atomic E-state index is 4.81. The van der Waals surface area contributed by atoms with Crippen molar-refractivity contribution in [2.45, 2.75) is 59.5 Å². The summed E-state index contributed by atoms with van der Waals surface area (Å²) in [5, 5.41) is 0. The Morgan fingerprint density at radius 1 is 0.240 bits per heavy atom. The molecule has 4 aliphatic heterocycles. The monoisotopic (exact) mass is 2600 g/mol. The SMILES string of the molecule is Cc1cc(-c2c(-c3c[c-]c(-c4ccccn4)cc3)cccc2-c2c[c-]c(-c3cc(-c4ccccc4)ccn3)cc2)cc(-c2c(-c3c[c-]c(N4[CH-]N(C)c5ccccc54)cc3)cccc2-c2c[c-]c(N3[CH-]N(c4ccccc4)c4nccnc43)cc2)c1.Cc1cc(C)cc(-c2c(-c3c[c-]c(N4[CH-]N(c5ccccc5)c5ccccc54)cc3)cccc2-c2c[c-]c(N3[CH-]N(c4ccccc4)C(C)(C)C3(C)C)cc2)c1.[Ir+3].[Ir+3].[Ir].[Ir]. The minimum Gasteiger partial charge on any atom is -0.517 e. The molecule has 7 heterocycles. The van der Waals surface area contributed by atoms with Gasteiger partial charge in [0.1, 0.15) is 11.6 Å². The van der Waals surface area contributed by atoms with Crippen LogP contribution in [-0.2, 0) is 80.4 Å². The van der Waals surface area contributed by atoms with Crippen molar-refractivity contribution in [1.29, 1.82) is 0 Å². The van der Waals surface area contributed by atoms with Crippen molar-refractivity contribution >= 4 is 74.2 Å². The zero-order valence-corrected chi connectivity index (χ0v) is 91.0. The molecule has 12 nitrogen and oxygen atoms in total. The van der Waals surface area contributed by atoms with Crippen LogP contribution >= 0.6 is 0 Å². The summed E-state index contributed by atoms with van der Waals surface area (Å²) in [6.07, 6.45) is 7.17. The molecule has 0 amide bonds. The van der Waals surface area contributed by atoms with Crippen LogP contribution in [-0.4, -0.2) is 38.1 Å². The molecule has 0 spiro atoms. The van der Waals surface area contributed by atoms with Crippen LogP contribution in [0.2, 0.25) is 0 Å². The summed E-state index contributed by atoms with van der Waals surface area (Å²) in [7, 11) is 2.08. The number of para-hydroxylation sites is 7. The van der Waals surface area contributed by atoms with Crippen molar-refractivity contribution in [3.63, 3.8) is 0 Å². The van der Waals surface area contributed by atoms with E-state index in [9.17, 15) is 0 Å². The van der Waals surface area contributed by atoms with E-state index in [1.54, 1.807) is 12.4 Å². The minimum atomic E-state index is -0.192. The van der Waals surface area contributed by atoms with Gasteiger partial charge in [-0.3, -0.25) is 0 Å². The maximum Gasteiger partial charge on any atom is 3.00 e. The Labute approximate surface area is 910 Å². The maximum atomic E-state index is 4.81. The average Bonchev–Trinajstić information content (AvgIpc) is 1.59. The van der Waals surface area contributed by atoms with Gasteiger partial charge in [0.2, 0.25) is 0 Å². The Balaban J connectivity index is 0.000000195. The molecule has 1 saturated heterocycles. The van der Waals surface area contributed by atoms with E-state index in [0.717, 1.165) is 186 Å². The fourth-order valence-electron chi connectivity index (χ4n) is 20.3. The first-order valence-corrected chi connectivity index (χ1v) is 48.0. The Morgan fingerprint density at radius 3 is 1.06 bits per heavy atom. The van der Waals surface area contributed by atoms with Gasteiger partial charge in [-0.25, -0.2) is 9.97 Å². The van der Waals surface area contributed by atoms with E-state index in [4.69, 9.17) is 15.0 Å². The summed E-state index contributed by atoms with van der Waals surface area (Å²) < 4.78 is 0. The number of anilines is 13. The molecule has 0 atom stereocenters. The Kier molecular flexibility index (Phi) is 29.3. The van der Waals surface area contributed by atoms with Crippen LogP contribution in [0.15, 0.2) is 425 Å². The first-order chi connectivity index (χ1) is 69.5. The first-order valence-electron chi connectivity index (χ1n) is 48.0. The number of hydrogen-bond donors (Lipinski definition) is 0. The Hall–Kier alpha value is -14.9. The van der Waals surface area contributed by atoms with Gasteiger partial charge in [0.05, 0.1) is 0 Å². The van der Waals surface area contributed by atoms with Crippen molar-refractivity contribution in [2.75, 3.05) is 46.2 Å². The standard InChI is InChI=1S/C78H52N8.C52H46N4.4Ir/c1-53-47-62(75-67(55-26-30-59(31-27-55)71-23-11-12-43-79-71)19-13-20-68(75)56-28-32-60(33-29-56)72-50-61(42-44-80-72)54-15-5-3-6-16-54)49-63(48-53)76-69(57-34-38-65(39-35-57)84-51-83(2)73-24-9-10-25-74(73)84)21-14-22-70(76)58-36-40-66(41-37-58)86-52-85(64-17-7-4-8-18-64)77-78(86)82-46-45-81-77;1-37-32-38(2)34-41(33-37)50-46(39-24-28-43(29-25-39)54-35-53(42-16-9-7-10-17-42)48-22-13-14-23-49(48)54)20-15-21-47(50)40-26-30-45(31-27-40)56-36-55(44-18-11-8-12-19-44)51(3,4)52(56,5)6;;;;/h3-30,32,34-38,40,42-52H,1-2H3;7-28,30,32-36H,1-6H3;;;;/q-6;-4;;;2*+3. The van der Waals surface area contributed by atoms with E-state index in [-0.39, 0.29) is 91.5 Å². The fraction of sp³-hybridized carbons (Fsp3) is 0.0769. The summed E-state index contributed by atoms with van der Waals surface area (Å²) in [6.45, 7) is 24.4. The van der Waals surface area contributed by atoms with Crippen LogP contribution in [0.4, 0.5) is 74.2 Å². The predicted molar refractivity (Wildman–Crippen MR) is 585 cm³/mol. The molecule has 0 N–H and O–H groups in total. The van der Waals surface area contributed by atoms with Crippen molar-refractivity contribution in [2.24, 2.45) is 0 Å². The Bertz CT molecular complexity index is 8010. The van der Waals surface area contributed by atoms with E-state index < -0.39 is 0 Å². The zero-order chi connectivity index (χ0) is 96.1. The van der Waals surface area contributed by atoms with Gasteiger partial charge in [-0.05, 0) is 196 Å². The molecule has 0 bridgehead atoms. The fourth-order valence-corrected chi connectivity index (χ4v) is 20.3. The van der Waals surface area contributed by atoms with E-state index in [1.165, 1.54) is 39.1 Å². The van der Waals surface area contributed by atoms with Crippen LogP contribution in [0.1, 0.15) is 44.4 Å². The van der Waals surface area contributed by atoms with E-state index in [2.05, 4.69) is 514 Å².